The van der Waals surface area contributed by atoms with Gasteiger partial charge in [0.15, 0.2) is 0 Å². The molecule has 10 aromatic rings. The van der Waals surface area contributed by atoms with E-state index in [1.54, 1.807) is 0 Å². The van der Waals surface area contributed by atoms with Crippen LogP contribution in [0.25, 0.3) is 94.2 Å². The lowest BCUT2D eigenvalue weighted by molar-refractivity contribution is 0.661. The molecular formula is C52H37N3. The van der Waals surface area contributed by atoms with Gasteiger partial charge >= 0.3 is 0 Å². The summed E-state index contributed by atoms with van der Waals surface area (Å²) in [5.41, 5.74) is 17.0. The zero-order valence-corrected chi connectivity index (χ0v) is 30.8. The molecule has 0 saturated carbocycles. The molecule has 0 radical (unpaired) electrons. The molecule has 7 aromatic carbocycles. The van der Waals surface area contributed by atoms with Crippen LogP contribution in [0.4, 0.5) is 0 Å². The maximum Gasteiger partial charge on any atom is 0.0734 e. The molecule has 0 unspecified atom stereocenters. The quantitative estimate of drug-likeness (QED) is 0.180. The lowest BCUT2D eigenvalue weighted by Gasteiger charge is -2.22. The fraction of sp³-hybridized carbons (Fsp3) is 0.0962. The number of nitrogens with zero attached hydrogens (tertiary/aromatic N) is 3. The van der Waals surface area contributed by atoms with E-state index in [0.29, 0.717) is 0 Å². The van der Waals surface area contributed by atoms with Crippen molar-refractivity contribution in [3.8, 4) is 33.8 Å². The normalized spacial score (nSPS) is 14.3. The van der Waals surface area contributed by atoms with Crippen LogP contribution in [-0.4, -0.2) is 14.1 Å². The molecule has 3 heteroatoms. The number of fused-ring (bicyclic) bond motifs is 12. The van der Waals surface area contributed by atoms with Gasteiger partial charge < -0.3 is 9.13 Å². The van der Waals surface area contributed by atoms with Crippen molar-refractivity contribution < 1.29 is 0 Å². The van der Waals surface area contributed by atoms with Crippen molar-refractivity contribution in [1.82, 2.24) is 14.1 Å². The average molecular weight is 704 g/mol. The van der Waals surface area contributed by atoms with Crippen LogP contribution in [0.1, 0.15) is 42.7 Å². The summed E-state index contributed by atoms with van der Waals surface area (Å²) >= 11 is 0. The molecule has 3 aromatic heterocycles. The Morgan fingerprint density at radius 2 is 1.27 bits per heavy atom. The zero-order valence-electron chi connectivity index (χ0n) is 30.8. The minimum Gasteiger partial charge on any atom is -0.309 e. The number of aryl methyl sites for hydroxylation is 1. The van der Waals surface area contributed by atoms with E-state index in [1.165, 1.54) is 88.1 Å². The minimum atomic E-state index is -0.122. The molecular weight excluding hydrogens is 667 g/mol. The Morgan fingerprint density at radius 1 is 0.564 bits per heavy atom. The fourth-order valence-corrected chi connectivity index (χ4v) is 9.98. The molecule has 55 heavy (non-hydrogen) atoms. The molecule has 3 nitrogen and oxygen atoms in total. The van der Waals surface area contributed by atoms with Crippen LogP contribution in [0.15, 0.2) is 158 Å². The lowest BCUT2D eigenvalue weighted by atomic mass is 9.82. The van der Waals surface area contributed by atoms with E-state index in [0.717, 1.165) is 35.3 Å². The summed E-state index contributed by atoms with van der Waals surface area (Å²) in [7, 11) is 0. The second kappa shape index (κ2) is 11.2. The van der Waals surface area contributed by atoms with Gasteiger partial charge in [-0.25, -0.2) is 4.98 Å². The topological polar surface area (TPSA) is 22.8 Å². The van der Waals surface area contributed by atoms with E-state index in [9.17, 15) is 0 Å². The summed E-state index contributed by atoms with van der Waals surface area (Å²) in [6.45, 7) is 4.71. The molecule has 0 spiro atoms. The van der Waals surface area contributed by atoms with Crippen LogP contribution >= 0.6 is 0 Å². The Bertz CT molecular complexity index is 3220. The molecule has 260 valence electrons. The number of hydrogen-bond donors (Lipinski definition) is 0. The van der Waals surface area contributed by atoms with Gasteiger partial charge in [-0.3, -0.25) is 0 Å². The highest BCUT2D eigenvalue weighted by atomic mass is 15.0. The number of hydrogen-bond acceptors (Lipinski definition) is 1. The van der Waals surface area contributed by atoms with E-state index in [4.69, 9.17) is 4.98 Å². The molecule has 2 aliphatic carbocycles. The first-order valence-electron chi connectivity index (χ1n) is 19.4. The third-order valence-corrected chi connectivity index (χ3v) is 12.6. The van der Waals surface area contributed by atoms with Crippen LogP contribution in [0.3, 0.4) is 0 Å². The van der Waals surface area contributed by atoms with Gasteiger partial charge in [0.05, 0.1) is 33.4 Å². The standard InChI is InChI=1S/C52H37N3/c1-52(2)42-19-9-5-15-36(42)40-29-41-45(30-43(40)52)53-44(33-23-26-34(27-24-33)54-46-20-10-6-16-37(46)38-17-7-11-21-47(38)54)31-50(41)55-48-22-12-8-18-39(48)51-35-14-4-3-13-32(35)25-28-49(51)55/h3-7,9-17,19-31H,8,18H2,1-2H3. The van der Waals surface area contributed by atoms with Gasteiger partial charge in [-0.05, 0) is 106 Å². The SMILES string of the molecule is CC1(C)c2ccccc2-c2cc3c(-n4c5c(c6c7ccccc7ccc64)CCC=C5)cc(-c4ccc(-n5c6ccccc6c6ccccc65)cc4)nc3cc21. The third-order valence-electron chi connectivity index (χ3n) is 12.6. The molecule has 0 aliphatic heterocycles. The number of para-hydroxylation sites is 2. The first-order chi connectivity index (χ1) is 27.0. The average Bonchev–Trinajstić information content (AvgIpc) is 3.83. The second-order valence-electron chi connectivity index (χ2n) is 15.8. The summed E-state index contributed by atoms with van der Waals surface area (Å²) < 4.78 is 4.91. The highest BCUT2D eigenvalue weighted by molar-refractivity contribution is 6.12. The van der Waals surface area contributed by atoms with Crippen molar-refractivity contribution in [2.45, 2.75) is 32.1 Å². The highest BCUT2D eigenvalue weighted by Crippen LogP contribution is 2.51. The van der Waals surface area contributed by atoms with Crippen LogP contribution in [0, 0.1) is 0 Å². The van der Waals surface area contributed by atoms with Crippen molar-refractivity contribution in [3.63, 3.8) is 0 Å². The van der Waals surface area contributed by atoms with Gasteiger partial charge in [-0.1, -0.05) is 123 Å². The predicted molar refractivity (Wildman–Crippen MR) is 231 cm³/mol. The number of allylic oxidation sites excluding steroid dienone is 1. The molecule has 0 bridgehead atoms. The summed E-state index contributed by atoms with van der Waals surface area (Å²) in [4.78, 5) is 5.52. The summed E-state index contributed by atoms with van der Waals surface area (Å²) in [5, 5.41) is 7.68. The summed E-state index contributed by atoms with van der Waals surface area (Å²) in [5.74, 6) is 0. The Labute approximate surface area is 319 Å². The van der Waals surface area contributed by atoms with Crippen LogP contribution in [0.5, 0.6) is 0 Å². The van der Waals surface area contributed by atoms with Crippen molar-refractivity contribution in [1.29, 1.82) is 0 Å². The molecule has 12 rings (SSSR count). The minimum absolute atomic E-state index is 0.122. The van der Waals surface area contributed by atoms with E-state index in [2.05, 4.69) is 187 Å². The van der Waals surface area contributed by atoms with Gasteiger partial charge in [0.2, 0.25) is 0 Å². The van der Waals surface area contributed by atoms with E-state index in [-0.39, 0.29) is 5.41 Å². The number of pyridine rings is 1. The molecule has 0 atom stereocenters. The smallest absolute Gasteiger partial charge is 0.0734 e. The monoisotopic (exact) mass is 703 g/mol. The Balaban J connectivity index is 1.13. The second-order valence-corrected chi connectivity index (χ2v) is 15.8. The Hall–Kier alpha value is -6.71. The van der Waals surface area contributed by atoms with E-state index in [1.807, 2.05) is 0 Å². The van der Waals surface area contributed by atoms with Crippen LogP contribution < -0.4 is 0 Å². The molecule has 3 heterocycles. The number of rotatable bonds is 3. The fourth-order valence-electron chi connectivity index (χ4n) is 9.98. The van der Waals surface area contributed by atoms with Gasteiger partial charge in [-0.15, -0.1) is 0 Å². The maximum absolute atomic E-state index is 5.52. The number of aromatic nitrogens is 3. The van der Waals surface area contributed by atoms with Gasteiger partial charge in [0.25, 0.3) is 0 Å². The van der Waals surface area contributed by atoms with Crippen LogP contribution in [0.2, 0.25) is 0 Å². The predicted octanol–water partition coefficient (Wildman–Crippen LogP) is 13.4. The highest BCUT2D eigenvalue weighted by Gasteiger charge is 2.36. The van der Waals surface area contributed by atoms with Crippen molar-refractivity contribution >= 4 is 60.5 Å². The first-order valence-corrected chi connectivity index (χ1v) is 19.4. The van der Waals surface area contributed by atoms with Gasteiger partial charge in [-0.2, -0.15) is 0 Å². The van der Waals surface area contributed by atoms with Gasteiger partial charge in [0.1, 0.15) is 0 Å². The first kappa shape index (κ1) is 30.7. The molecule has 2 aliphatic rings. The number of benzene rings is 7. The molecule has 0 saturated heterocycles. The van der Waals surface area contributed by atoms with E-state index < -0.39 is 0 Å². The van der Waals surface area contributed by atoms with Crippen LogP contribution in [-0.2, 0) is 11.8 Å². The van der Waals surface area contributed by atoms with Crippen molar-refractivity contribution in [2.75, 3.05) is 0 Å². The van der Waals surface area contributed by atoms with Crippen molar-refractivity contribution in [2.24, 2.45) is 0 Å². The Kier molecular flexibility index (Phi) is 6.23. The third kappa shape index (κ3) is 4.24. The summed E-state index contributed by atoms with van der Waals surface area (Å²) in [6, 6.07) is 56.0. The Morgan fingerprint density at radius 3 is 2.07 bits per heavy atom. The lowest BCUT2D eigenvalue weighted by Crippen LogP contribution is -2.15. The maximum atomic E-state index is 5.52. The molecule has 0 amide bonds. The zero-order chi connectivity index (χ0) is 36.4. The molecule has 0 N–H and O–H groups in total. The van der Waals surface area contributed by atoms with Crippen molar-refractivity contribution in [3.05, 3.63) is 180 Å². The van der Waals surface area contributed by atoms with E-state index >= 15 is 0 Å². The molecule has 0 fully saturated rings. The van der Waals surface area contributed by atoms with Gasteiger partial charge in [0, 0.05) is 43.9 Å². The summed E-state index contributed by atoms with van der Waals surface area (Å²) in [6.07, 6.45) is 6.77. The largest absolute Gasteiger partial charge is 0.309 e.